The van der Waals surface area contributed by atoms with E-state index in [0.29, 0.717) is 75.4 Å². The summed E-state index contributed by atoms with van der Waals surface area (Å²) in [6.45, 7) is 9.94. The molecule has 0 bridgehead atoms. The zero-order valence-corrected chi connectivity index (χ0v) is 34.5. The van der Waals surface area contributed by atoms with Gasteiger partial charge in [0.15, 0.2) is 0 Å². The minimum absolute atomic E-state index is 0. The standard InChI is InChI=1S/C18H19FN2O3.C16H20FN3O4.C7H12ClNO3.2CH4/c19-16-12-15(6-7-17(16)21-8-10-23-11-9-21)20-18(22)24-13-14-4-2-1-3-5-14;1-11(21)18-9-13-10-20(16(22)24-13)12-2-3-15(14(17)8-12)19-4-6-23-7-5-19;1-5(10)9-4-7(3-8)12-6(2)11;;/h1-7,12H,8-11,13H2,(H,20,22);2-3,8,13H,4-7,9-10H2,1H3,(H,18,21);7H,3-4H2,1-2H3,(H,9,10);2*1H4/t;13-;7-;;/m.01../s1. The number of nitrogens with zero attached hydrogens (tertiary/aromatic N) is 3. The molecule has 3 aliphatic rings. The fraction of sp³-hybridized carbons (Fsp3) is 0.465. The molecule has 3 fully saturated rings. The van der Waals surface area contributed by atoms with Crippen LogP contribution in [-0.4, -0.2) is 120 Å². The summed E-state index contributed by atoms with van der Waals surface area (Å²) < 4.78 is 54.3. The fourth-order valence-electron chi connectivity index (χ4n) is 5.96. The molecule has 6 rings (SSSR count). The van der Waals surface area contributed by atoms with E-state index in [-0.39, 0.29) is 70.4 Å². The number of amides is 4. The van der Waals surface area contributed by atoms with E-state index >= 15 is 0 Å². The first-order valence-electron chi connectivity index (χ1n) is 19.2. The van der Waals surface area contributed by atoms with E-state index in [4.69, 9.17) is 35.3 Å². The van der Waals surface area contributed by atoms with Gasteiger partial charge < -0.3 is 44.1 Å². The molecular formula is C43H59ClF2N6O10. The maximum Gasteiger partial charge on any atom is 0.414 e. The third-order valence-electron chi connectivity index (χ3n) is 8.89. The number of hydrogen-bond acceptors (Lipinski definition) is 12. The van der Waals surface area contributed by atoms with Gasteiger partial charge in [0.25, 0.3) is 0 Å². The van der Waals surface area contributed by atoms with Gasteiger partial charge in [0.1, 0.15) is 30.4 Å². The Morgan fingerprint density at radius 3 is 1.89 bits per heavy atom. The zero-order valence-electron chi connectivity index (χ0n) is 33.8. The summed E-state index contributed by atoms with van der Waals surface area (Å²) in [5.41, 5.74) is 2.72. The summed E-state index contributed by atoms with van der Waals surface area (Å²) in [4.78, 5) is 60.8. The summed E-state index contributed by atoms with van der Waals surface area (Å²) in [7, 11) is 0. The van der Waals surface area contributed by atoms with Gasteiger partial charge in [-0.05, 0) is 42.0 Å². The number of alkyl halides is 1. The van der Waals surface area contributed by atoms with Crippen LogP contribution < -0.4 is 30.7 Å². The molecule has 3 N–H and O–H groups in total. The quantitative estimate of drug-likeness (QED) is 0.108. The predicted octanol–water partition coefficient (Wildman–Crippen LogP) is 6.10. The number of nitrogens with one attached hydrogen (secondary N) is 3. The highest BCUT2D eigenvalue weighted by Gasteiger charge is 2.33. The number of anilines is 4. The summed E-state index contributed by atoms with van der Waals surface area (Å²) in [5.74, 6) is -1.33. The van der Waals surface area contributed by atoms with Crippen LogP contribution in [0.3, 0.4) is 0 Å². The van der Waals surface area contributed by atoms with Crippen molar-refractivity contribution >= 4 is 64.3 Å². The molecule has 62 heavy (non-hydrogen) atoms. The third kappa shape index (κ3) is 17.7. The number of morpholine rings is 2. The Balaban J connectivity index is 0.000000334. The minimum atomic E-state index is -0.614. The van der Waals surface area contributed by atoms with Crippen LogP contribution in [0.4, 0.5) is 41.1 Å². The molecule has 3 aliphatic heterocycles. The zero-order chi connectivity index (χ0) is 43.4. The molecule has 0 aliphatic carbocycles. The number of ether oxygens (including phenoxy) is 5. The summed E-state index contributed by atoms with van der Waals surface area (Å²) in [5, 5.41) is 7.65. The summed E-state index contributed by atoms with van der Waals surface area (Å²) in [6, 6.07) is 18.7. The summed E-state index contributed by atoms with van der Waals surface area (Å²) in [6.07, 6.45) is -2.03. The van der Waals surface area contributed by atoms with E-state index in [1.807, 2.05) is 40.1 Å². The largest absolute Gasteiger partial charge is 0.459 e. The van der Waals surface area contributed by atoms with Crippen molar-refractivity contribution < 1.29 is 56.4 Å². The first kappa shape index (κ1) is 52.4. The van der Waals surface area contributed by atoms with Crippen molar-refractivity contribution in [2.75, 3.05) is 98.1 Å². The molecule has 3 aromatic rings. The average Bonchev–Trinajstić information content (AvgIpc) is 3.62. The normalized spacial score (nSPS) is 15.9. The topological polar surface area (TPSA) is 177 Å². The molecule has 0 aromatic heterocycles. The van der Waals surface area contributed by atoms with E-state index < -0.39 is 30.4 Å². The lowest BCUT2D eigenvalue weighted by Crippen LogP contribution is -2.36. The van der Waals surface area contributed by atoms with Crippen LogP contribution in [0.2, 0.25) is 0 Å². The van der Waals surface area contributed by atoms with E-state index in [1.165, 1.54) is 37.8 Å². The van der Waals surface area contributed by atoms with Gasteiger partial charge in [-0.15, -0.1) is 11.6 Å². The lowest BCUT2D eigenvalue weighted by Gasteiger charge is -2.29. The van der Waals surface area contributed by atoms with Gasteiger partial charge in [-0.25, -0.2) is 18.4 Å². The first-order valence-corrected chi connectivity index (χ1v) is 19.8. The van der Waals surface area contributed by atoms with Crippen molar-refractivity contribution in [1.29, 1.82) is 0 Å². The Labute approximate surface area is 367 Å². The lowest BCUT2D eigenvalue weighted by atomic mass is 10.2. The molecule has 3 heterocycles. The highest BCUT2D eigenvalue weighted by atomic mass is 35.5. The molecule has 3 saturated heterocycles. The maximum atomic E-state index is 14.4. The van der Waals surface area contributed by atoms with Gasteiger partial charge in [0.2, 0.25) is 11.8 Å². The van der Waals surface area contributed by atoms with Crippen LogP contribution in [0, 0.1) is 11.6 Å². The van der Waals surface area contributed by atoms with Crippen LogP contribution in [-0.2, 0) is 44.7 Å². The summed E-state index contributed by atoms with van der Waals surface area (Å²) >= 11 is 5.47. The number of hydrogen-bond donors (Lipinski definition) is 3. The molecule has 3 aromatic carbocycles. The molecule has 0 unspecified atom stereocenters. The number of halogens is 3. The van der Waals surface area contributed by atoms with Crippen molar-refractivity contribution in [2.24, 2.45) is 0 Å². The second-order valence-electron chi connectivity index (χ2n) is 13.6. The van der Waals surface area contributed by atoms with Gasteiger partial charge in [0, 0.05) is 52.6 Å². The SMILES string of the molecule is C.C.CC(=O)NC[C@@H](CCl)OC(C)=O.CC(=O)NC[C@H]1CN(c2ccc(N3CCOCC3)c(F)c2)C(=O)O1.O=C(Nc1ccc(N2CCOCC2)c(F)c1)OCc1ccccc1. The second kappa shape index (κ2) is 27.3. The lowest BCUT2D eigenvalue weighted by molar-refractivity contribution is -0.145. The van der Waals surface area contributed by atoms with Gasteiger partial charge in [0.05, 0.1) is 69.0 Å². The van der Waals surface area contributed by atoms with Crippen molar-refractivity contribution in [3.05, 3.63) is 83.9 Å². The highest BCUT2D eigenvalue weighted by molar-refractivity contribution is 6.18. The van der Waals surface area contributed by atoms with Gasteiger partial charge >= 0.3 is 18.2 Å². The first-order chi connectivity index (χ1) is 28.8. The van der Waals surface area contributed by atoms with Crippen LogP contribution in [0.15, 0.2) is 66.7 Å². The Kier molecular flexibility index (Phi) is 23.1. The van der Waals surface area contributed by atoms with Gasteiger partial charge in [-0.1, -0.05) is 45.2 Å². The molecule has 0 saturated carbocycles. The minimum Gasteiger partial charge on any atom is -0.459 e. The monoisotopic (exact) mass is 892 g/mol. The average molecular weight is 893 g/mol. The third-order valence-corrected chi connectivity index (χ3v) is 9.23. The Bertz CT molecular complexity index is 1890. The number of carbonyl (C=O) groups excluding carboxylic acids is 5. The molecular weight excluding hydrogens is 834 g/mol. The van der Waals surface area contributed by atoms with Crippen molar-refractivity contribution in [2.45, 2.75) is 54.4 Å². The Morgan fingerprint density at radius 2 is 1.37 bits per heavy atom. The number of benzene rings is 3. The number of cyclic esters (lactones) is 1. The number of carbonyl (C=O) groups is 5. The van der Waals surface area contributed by atoms with Gasteiger partial charge in [-0.2, -0.15) is 0 Å². The van der Waals surface area contributed by atoms with Crippen molar-refractivity contribution in [3.8, 4) is 0 Å². The van der Waals surface area contributed by atoms with E-state index in [0.717, 1.165) is 5.56 Å². The van der Waals surface area contributed by atoms with E-state index in [9.17, 15) is 32.8 Å². The van der Waals surface area contributed by atoms with Crippen LogP contribution in [0.25, 0.3) is 0 Å². The van der Waals surface area contributed by atoms with Crippen molar-refractivity contribution in [3.63, 3.8) is 0 Å². The highest BCUT2D eigenvalue weighted by Crippen LogP contribution is 2.28. The number of esters is 1. The Morgan fingerprint density at radius 1 is 0.806 bits per heavy atom. The van der Waals surface area contributed by atoms with Crippen LogP contribution in [0.1, 0.15) is 41.2 Å². The molecule has 2 atom stereocenters. The van der Waals surface area contributed by atoms with Crippen LogP contribution >= 0.6 is 11.6 Å². The molecule has 342 valence electrons. The second-order valence-corrected chi connectivity index (χ2v) is 13.9. The molecule has 19 heteroatoms. The number of rotatable bonds is 12. The Hall–Kier alpha value is -5.72. The molecule has 4 amide bonds. The molecule has 16 nitrogen and oxygen atoms in total. The van der Waals surface area contributed by atoms with Gasteiger partial charge in [-0.3, -0.25) is 24.6 Å². The molecule has 0 spiro atoms. The van der Waals surface area contributed by atoms with Crippen molar-refractivity contribution in [1.82, 2.24) is 10.6 Å². The smallest absolute Gasteiger partial charge is 0.414 e. The molecule has 0 radical (unpaired) electrons. The fourth-order valence-corrected chi connectivity index (χ4v) is 6.14. The van der Waals surface area contributed by atoms with E-state index in [1.54, 1.807) is 24.3 Å². The predicted molar refractivity (Wildman–Crippen MR) is 234 cm³/mol. The maximum absolute atomic E-state index is 14.4. The van der Waals surface area contributed by atoms with Crippen LogP contribution in [0.5, 0.6) is 0 Å². The van der Waals surface area contributed by atoms with E-state index in [2.05, 4.69) is 16.0 Å².